The number of halogens is 6. The van der Waals surface area contributed by atoms with Gasteiger partial charge in [0.1, 0.15) is 28.7 Å². The minimum atomic E-state index is -4.67. The third-order valence-corrected chi connectivity index (χ3v) is 7.33. The summed E-state index contributed by atoms with van der Waals surface area (Å²) in [5, 5.41) is 4.20. The predicted molar refractivity (Wildman–Crippen MR) is 146 cm³/mol. The number of pyridine rings is 1. The first-order valence-corrected chi connectivity index (χ1v) is 13.5. The van der Waals surface area contributed by atoms with Gasteiger partial charge in [0.25, 0.3) is 12.0 Å². The summed E-state index contributed by atoms with van der Waals surface area (Å²) in [6.07, 6.45) is -2.00. The van der Waals surface area contributed by atoms with Crippen LogP contribution < -0.4 is 5.56 Å². The summed E-state index contributed by atoms with van der Waals surface area (Å²) >= 11 is 0. The predicted octanol–water partition coefficient (Wildman–Crippen LogP) is 7.53. The van der Waals surface area contributed by atoms with Crippen LogP contribution in [0.5, 0.6) is 0 Å². The Morgan fingerprint density at radius 2 is 1.74 bits per heavy atom. The van der Waals surface area contributed by atoms with E-state index in [9.17, 15) is 31.1 Å². The fourth-order valence-electron chi connectivity index (χ4n) is 5.13. The standard InChI is InChI=1S/C23H24F5N5O.C7H7F/c1-13-30-19(20(21(24)25)32(13)2)17-11-15(14-7-4-3-5-8-14)22(34)33(31-17)12-18-16(23(26,27)28)9-6-10-29-18;1-6-3-2-4-7(8)5-6/h6,9-11,14,21H,3-5,7-8,12H2,1-2H3;2-5H,1H3. The highest BCUT2D eigenvalue weighted by atomic mass is 19.4. The molecule has 0 aliphatic heterocycles. The summed E-state index contributed by atoms with van der Waals surface area (Å²) in [4.78, 5) is 21.4. The highest BCUT2D eigenvalue weighted by molar-refractivity contribution is 5.59. The second-order valence-corrected chi connectivity index (χ2v) is 10.3. The second kappa shape index (κ2) is 12.9. The van der Waals surface area contributed by atoms with Crippen LogP contribution in [0.15, 0.2) is 53.5 Å². The van der Waals surface area contributed by atoms with Crippen molar-refractivity contribution >= 4 is 0 Å². The molecule has 4 aromatic rings. The topological polar surface area (TPSA) is 65.6 Å². The smallest absolute Gasteiger partial charge is 0.330 e. The van der Waals surface area contributed by atoms with Crippen molar-refractivity contribution in [2.45, 2.75) is 71.0 Å². The fraction of sp³-hybridized carbons (Fsp3) is 0.400. The van der Waals surface area contributed by atoms with E-state index in [0.717, 1.165) is 54.5 Å². The summed E-state index contributed by atoms with van der Waals surface area (Å²) in [5.74, 6) is 0.0398. The van der Waals surface area contributed by atoms with Gasteiger partial charge in [-0.25, -0.2) is 22.8 Å². The summed E-state index contributed by atoms with van der Waals surface area (Å²) in [7, 11) is 1.45. The second-order valence-electron chi connectivity index (χ2n) is 10.3. The van der Waals surface area contributed by atoms with Crippen molar-refractivity contribution in [2.24, 2.45) is 7.05 Å². The molecule has 0 atom stereocenters. The molecule has 0 radical (unpaired) electrons. The normalized spacial score (nSPS) is 14.1. The van der Waals surface area contributed by atoms with E-state index in [2.05, 4.69) is 15.1 Å². The summed E-state index contributed by atoms with van der Waals surface area (Å²) in [6, 6.07) is 10.0. The molecular formula is C30H31F6N5O. The van der Waals surface area contributed by atoms with E-state index in [1.807, 2.05) is 13.0 Å². The van der Waals surface area contributed by atoms with Crippen LogP contribution in [0.1, 0.15) is 78.4 Å². The quantitative estimate of drug-likeness (QED) is 0.225. The number of hydrogen-bond acceptors (Lipinski definition) is 4. The molecule has 3 aromatic heterocycles. The van der Waals surface area contributed by atoms with E-state index in [4.69, 9.17) is 0 Å². The van der Waals surface area contributed by atoms with Gasteiger partial charge in [0.15, 0.2) is 0 Å². The lowest BCUT2D eigenvalue weighted by molar-refractivity contribution is -0.138. The minimum Gasteiger partial charge on any atom is -0.330 e. The average Bonchev–Trinajstić information content (AvgIpc) is 3.24. The van der Waals surface area contributed by atoms with Crippen LogP contribution in [0.25, 0.3) is 11.4 Å². The Hall–Kier alpha value is -3.96. The largest absolute Gasteiger partial charge is 0.418 e. The molecule has 0 bridgehead atoms. The molecule has 1 aliphatic rings. The molecule has 0 spiro atoms. The maximum Gasteiger partial charge on any atom is 0.418 e. The molecule has 1 fully saturated rings. The molecular weight excluding hydrogens is 560 g/mol. The summed E-state index contributed by atoms with van der Waals surface area (Å²) in [5.41, 5.74) is -0.985. The van der Waals surface area contributed by atoms with Crippen molar-refractivity contribution < 1.29 is 26.3 Å². The van der Waals surface area contributed by atoms with E-state index in [0.29, 0.717) is 11.4 Å². The van der Waals surface area contributed by atoms with Gasteiger partial charge in [-0.05, 0) is 68.5 Å². The monoisotopic (exact) mass is 591 g/mol. The van der Waals surface area contributed by atoms with E-state index >= 15 is 0 Å². The first-order chi connectivity index (χ1) is 19.9. The van der Waals surface area contributed by atoms with Crippen molar-refractivity contribution in [1.29, 1.82) is 0 Å². The zero-order valence-corrected chi connectivity index (χ0v) is 23.4. The number of nitrogens with zero attached hydrogens (tertiary/aromatic N) is 5. The molecule has 0 amide bonds. The van der Waals surface area contributed by atoms with Gasteiger partial charge in [0.2, 0.25) is 0 Å². The van der Waals surface area contributed by atoms with Gasteiger partial charge in [0.05, 0.1) is 17.8 Å². The fourth-order valence-corrected chi connectivity index (χ4v) is 5.13. The molecule has 224 valence electrons. The minimum absolute atomic E-state index is 0.0312. The summed E-state index contributed by atoms with van der Waals surface area (Å²) in [6.45, 7) is 2.89. The Morgan fingerprint density at radius 1 is 1.02 bits per heavy atom. The third kappa shape index (κ3) is 7.08. The van der Waals surface area contributed by atoms with Gasteiger partial charge < -0.3 is 4.57 Å². The van der Waals surface area contributed by atoms with Gasteiger partial charge in [-0.15, -0.1) is 0 Å². The van der Waals surface area contributed by atoms with Crippen LogP contribution in [-0.4, -0.2) is 24.3 Å². The van der Waals surface area contributed by atoms with E-state index in [1.165, 1.54) is 36.0 Å². The van der Waals surface area contributed by atoms with Crippen molar-refractivity contribution in [1.82, 2.24) is 24.3 Å². The third-order valence-electron chi connectivity index (χ3n) is 7.33. The van der Waals surface area contributed by atoms with Crippen LogP contribution in [0.4, 0.5) is 26.3 Å². The molecule has 0 saturated heterocycles. The van der Waals surface area contributed by atoms with Gasteiger partial charge in [-0.2, -0.15) is 18.3 Å². The van der Waals surface area contributed by atoms with Crippen LogP contribution in [0.3, 0.4) is 0 Å². The molecule has 0 N–H and O–H groups in total. The van der Waals surface area contributed by atoms with Crippen LogP contribution in [0, 0.1) is 19.7 Å². The number of aryl methyl sites for hydroxylation is 2. The van der Waals surface area contributed by atoms with Crippen molar-refractivity contribution in [3.63, 3.8) is 0 Å². The molecule has 1 saturated carbocycles. The number of alkyl halides is 5. The molecule has 12 heteroatoms. The first-order valence-electron chi connectivity index (χ1n) is 13.5. The Morgan fingerprint density at radius 3 is 2.33 bits per heavy atom. The zero-order chi connectivity index (χ0) is 30.6. The first kappa shape index (κ1) is 31.0. The molecule has 42 heavy (non-hydrogen) atoms. The highest BCUT2D eigenvalue weighted by Gasteiger charge is 2.34. The Bertz CT molecular complexity index is 1570. The Labute approximate surface area is 239 Å². The Kier molecular flexibility index (Phi) is 9.53. The van der Waals surface area contributed by atoms with Crippen molar-refractivity contribution in [3.05, 3.63) is 98.7 Å². The SMILES string of the molecule is Cc1cccc(F)c1.Cc1nc(-c2cc(C3CCCCC3)c(=O)n(Cc3ncccc3C(F)(F)F)n2)c(C(F)F)n1C. The molecule has 0 unspecified atom stereocenters. The van der Waals surface area contributed by atoms with E-state index < -0.39 is 30.3 Å². The van der Waals surface area contributed by atoms with E-state index in [-0.39, 0.29) is 34.5 Å². The maximum atomic E-state index is 13.9. The average molecular weight is 592 g/mol. The molecule has 1 aliphatic carbocycles. The number of aromatic nitrogens is 5. The zero-order valence-electron chi connectivity index (χ0n) is 23.4. The highest BCUT2D eigenvalue weighted by Crippen LogP contribution is 2.35. The number of imidazole rings is 1. The number of benzene rings is 1. The lowest BCUT2D eigenvalue weighted by Crippen LogP contribution is -2.30. The maximum absolute atomic E-state index is 13.9. The van der Waals surface area contributed by atoms with Crippen LogP contribution >= 0.6 is 0 Å². The van der Waals surface area contributed by atoms with E-state index in [1.54, 1.807) is 13.0 Å². The number of rotatable bonds is 5. The van der Waals surface area contributed by atoms with Crippen molar-refractivity contribution in [2.75, 3.05) is 0 Å². The van der Waals surface area contributed by atoms with Gasteiger partial charge >= 0.3 is 6.18 Å². The van der Waals surface area contributed by atoms with Gasteiger partial charge in [-0.3, -0.25) is 9.78 Å². The van der Waals surface area contributed by atoms with Gasteiger partial charge in [-0.1, -0.05) is 31.4 Å². The molecule has 5 rings (SSSR count). The van der Waals surface area contributed by atoms with Gasteiger partial charge in [0, 0.05) is 18.8 Å². The Balaban J connectivity index is 0.000000437. The summed E-state index contributed by atoms with van der Waals surface area (Å²) < 4.78 is 82.6. The molecule has 6 nitrogen and oxygen atoms in total. The van der Waals surface area contributed by atoms with Crippen LogP contribution in [0.2, 0.25) is 0 Å². The lowest BCUT2D eigenvalue weighted by Gasteiger charge is -2.22. The molecule has 3 heterocycles. The van der Waals surface area contributed by atoms with Crippen LogP contribution in [-0.2, 0) is 19.8 Å². The lowest BCUT2D eigenvalue weighted by atomic mass is 9.84. The molecule has 1 aromatic carbocycles. The van der Waals surface area contributed by atoms with Crippen molar-refractivity contribution in [3.8, 4) is 11.4 Å². The number of hydrogen-bond donors (Lipinski definition) is 0.